The summed E-state index contributed by atoms with van der Waals surface area (Å²) >= 11 is 7.39. The van der Waals surface area contributed by atoms with Gasteiger partial charge in [0.25, 0.3) is 11.1 Å². The van der Waals surface area contributed by atoms with Crippen LogP contribution in [0.4, 0.5) is 5.82 Å². The molecule has 3 heterocycles. The fraction of sp³-hybridized carbons (Fsp3) is 0.235. The van der Waals surface area contributed by atoms with Gasteiger partial charge in [-0.3, -0.25) is 9.69 Å². The van der Waals surface area contributed by atoms with E-state index in [1.165, 1.54) is 11.8 Å². The van der Waals surface area contributed by atoms with Gasteiger partial charge in [-0.1, -0.05) is 17.7 Å². The average molecular weight is 362 g/mol. The summed E-state index contributed by atoms with van der Waals surface area (Å²) in [5.74, 6) is 0.728. The topological polar surface area (TPSA) is 39.8 Å². The molecule has 1 aromatic rings. The maximum Gasteiger partial charge on any atom is 0.326 e. The Balaban J connectivity index is 2.02. The van der Waals surface area contributed by atoms with Crippen molar-refractivity contribution in [2.24, 2.45) is 12.0 Å². The van der Waals surface area contributed by atoms with Crippen molar-refractivity contribution in [1.29, 1.82) is 0 Å². The van der Waals surface area contributed by atoms with Gasteiger partial charge in [-0.15, -0.1) is 0 Å². The third-order valence-corrected chi connectivity index (χ3v) is 5.05. The summed E-state index contributed by atoms with van der Waals surface area (Å²) in [6.45, 7) is 2.52. The molecule has 0 bridgehead atoms. The number of nitrogens with zero attached hydrogens (tertiary/aromatic N) is 4. The second-order valence-electron chi connectivity index (χ2n) is 5.39. The number of hydrogen-bond donors (Lipinski definition) is 0. The summed E-state index contributed by atoms with van der Waals surface area (Å²) in [4.78, 5) is 21.8. The fourth-order valence-electron chi connectivity index (χ4n) is 2.46. The first kappa shape index (κ1) is 16.8. The zero-order chi connectivity index (χ0) is 17.3. The number of aliphatic imine (C=N–C) groups is 1. The molecule has 1 fully saturated rings. The molecule has 0 aromatic carbocycles. The van der Waals surface area contributed by atoms with Gasteiger partial charge in [0.15, 0.2) is 0 Å². The normalized spacial score (nSPS) is 22.2. The number of rotatable bonds is 2. The van der Waals surface area contributed by atoms with Gasteiger partial charge in [-0.2, -0.15) is 0 Å². The molecule has 124 valence electrons. The Morgan fingerprint density at radius 1 is 1.33 bits per heavy atom. The molecule has 0 saturated carbocycles. The van der Waals surface area contributed by atoms with Crippen LogP contribution in [0.25, 0.3) is 0 Å². The fourth-order valence-corrected chi connectivity index (χ4v) is 3.83. The Morgan fingerprint density at radius 3 is 2.79 bits per heavy atom. The van der Waals surface area contributed by atoms with Gasteiger partial charge >= 0.3 is 5.82 Å². The van der Waals surface area contributed by atoms with Crippen LogP contribution < -0.4 is 4.57 Å². The smallest absolute Gasteiger partial charge is 0.326 e. The first-order chi connectivity index (χ1) is 11.5. The van der Waals surface area contributed by atoms with E-state index >= 15 is 0 Å². The summed E-state index contributed by atoms with van der Waals surface area (Å²) in [6, 6.07) is 3.63. The highest BCUT2D eigenvalue weighted by Crippen LogP contribution is 2.36. The molecule has 7 heteroatoms. The van der Waals surface area contributed by atoms with E-state index in [9.17, 15) is 4.79 Å². The number of pyridine rings is 1. The molecule has 0 atom stereocenters. The zero-order valence-electron chi connectivity index (χ0n) is 13.7. The third-order valence-electron chi connectivity index (χ3n) is 3.75. The highest BCUT2D eigenvalue weighted by Gasteiger charge is 2.38. The van der Waals surface area contributed by atoms with Crippen molar-refractivity contribution in [3.05, 3.63) is 58.4 Å². The van der Waals surface area contributed by atoms with Crippen LogP contribution in [-0.4, -0.2) is 34.5 Å². The Bertz CT molecular complexity index is 813. The second kappa shape index (κ2) is 6.83. The molecule has 5 nitrogen and oxygen atoms in total. The Hall–Kier alpha value is -2.05. The Labute approximate surface area is 150 Å². The molecule has 0 aliphatic carbocycles. The van der Waals surface area contributed by atoms with Gasteiger partial charge in [0, 0.05) is 25.9 Å². The number of amidine groups is 1. The van der Waals surface area contributed by atoms with Crippen molar-refractivity contribution in [2.45, 2.75) is 6.92 Å². The van der Waals surface area contributed by atoms with Crippen LogP contribution in [0, 0.1) is 0 Å². The average Bonchev–Trinajstić information content (AvgIpc) is 2.86. The summed E-state index contributed by atoms with van der Waals surface area (Å²) in [5, 5.41) is 1.33. The van der Waals surface area contributed by atoms with Gasteiger partial charge < -0.3 is 4.90 Å². The van der Waals surface area contributed by atoms with E-state index in [4.69, 9.17) is 11.6 Å². The first-order valence-electron chi connectivity index (χ1n) is 7.57. The maximum absolute atomic E-state index is 12.8. The number of allylic oxidation sites excluding steroid dienone is 3. The van der Waals surface area contributed by atoms with Gasteiger partial charge in [0.1, 0.15) is 11.1 Å². The molecule has 2 aliphatic heterocycles. The van der Waals surface area contributed by atoms with Crippen molar-refractivity contribution >= 4 is 40.3 Å². The molecule has 0 N–H and O–H groups in total. The lowest BCUT2D eigenvalue weighted by Crippen LogP contribution is -2.31. The highest BCUT2D eigenvalue weighted by molar-refractivity contribution is 8.18. The summed E-state index contributed by atoms with van der Waals surface area (Å²) in [5.41, 5.74) is 0.886. The van der Waals surface area contributed by atoms with E-state index in [1.54, 1.807) is 17.2 Å². The molecule has 1 amide bonds. The Morgan fingerprint density at radius 2 is 2.12 bits per heavy atom. The Kier molecular flexibility index (Phi) is 4.78. The maximum atomic E-state index is 12.8. The number of likely N-dealkylation sites (N-methyl/N-ethyl adjacent to an activating group) is 2. The molecular formula is C17H18ClN4OS+. The summed E-state index contributed by atoms with van der Waals surface area (Å²) in [7, 11) is 3.81. The predicted molar refractivity (Wildman–Crippen MR) is 97.8 cm³/mol. The SMILES string of the molecule is CCN1C(=O)/C(=C2\C=CC=CN2C)SC1=Nc1ccc(Cl)c[n+]1C. The van der Waals surface area contributed by atoms with E-state index in [0.717, 1.165) is 11.5 Å². The molecule has 24 heavy (non-hydrogen) atoms. The summed E-state index contributed by atoms with van der Waals surface area (Å²) < 4.78 is 1.84. The van der Waals surface area contributed by atoms with Gasteiger partial charge in [-0.25, -0.2) is 4.57 Å². The molecule has 1 aromatic heterocycles. The number of carbonyl (C=O) groups excluding carboxylic acids is 1. The van der Waals surface area contributed by atoms with Crippen LogP contribution in [0.15, 0.2) is 58.4 Å². The van der Waals surface area contributed by atoms with Crippen LogP contribution >= 0.6 is 23.4 Å². The minimum atomic E-state index is -0.0142. The molecule has 0 radical (unpaired) electrons. The highest BCUT2D eigenvalue weighted by atomic mass is 35.5. The monoisotopic (exact) mass is 361 g/mol. The van der Waals surface area contributed by atoms with E-state index in [1.807, 2.05) is 61.0 Å². The van der Waals surface area contributed by atoms with Crippen LogP contribution in [0.3, 0.4) is 0 Å². The van der Waals surface area contributed by atoms with Crippen LogP contribution in [0.1, 0.15) is 6.92 Å². The second-order valence-corrected chi connectivity index (χ2v) is 6.80. The predicted octanol–water partition coefficient (Wildman–Crippen LogP) is 2.97. The molecular weight excluding hydrogens is 344 g/mol. The quantitative estimate of drug-likeness (QED) is 0.600. The largest absolute Gasteiger partial charge is 0.350 e. The van der Waals surface area contributed by atoms with Crippen LogP contribution in [0.2, 0.25) is 5.02 Å². The lowest BCUT2D eigenvalue weighted by molar-refractivity contribution is -0.658. The minimum absolute atomic E-state index is 0.0142. The van der Waals surface area contributed by atoms with Crippen molar-refractivity contribution in [3.63, 3.8) is 0 Å². The molecule has 2 aliphatic rings. The first-order valence-corrected chi connectivity index (χ1v) is 8.76. The number of amides is 1. The van der Waals surface area contributed by atoms with E-state index in [0.29, 0.717) is 21.6 Å². The van der Waals surface area contributed by atoms with Crippen molar-refractivity contribution < 1.29 is 9.36 Å². The van der Waals surface area contributed by atoms with Crippen molar-refractivity contribution in [3.8, 4) is 0 Å². The lowest BCUT2D eigenvalue weighted by Gasteiger charge is -2.19. The van der Waals surface area contributed by atoms with Crippen molar-refractivity contribution in [2.75, 3.05) is 13.6 Å². The van der Waals surface area contributed by atoms with Gasteiger partial charge in [0.05, 0.1) is 17.8 Å². The van der Waals surface area contributed by atoms with Crippen LogP contribution in [-0.2, 0) is 11.8 Å². The number of hydrogen-bond acceptors (Lipinski definition) is 4. The van der Waals surface area contributed by atoms with E-state index in [2.05, 4.69) is 4.99 Å². The zero-order valence-corrected chi connectivity index (χ0v) is 15.3. The number of thioether (sulfide) groups is 1. The summed E-state index contributed by atoms with van der Waals surface area (Å²) in [6.07, 6.45) is 9.54. The number of aryl methyl sites for hydroxylation is 1. The number of aromatic nitrogens is 1. The van der Waals surface area contributed by atoms with E-state index < -0.39 is 0 Å². The van der Waals surface area contributed by atoms with Crippen molar-refractivity contribution in [1.82, 2.24) is 9.80 Å². The number of halogens is 1. The van der Waals surface area contributed by atoms with Crippen LogP contribution in [0.5, 0.6) is 0 Å². The van der Waals surface area contributed by atoms with Gasteiger partial charge in [0.2, 0.25) is 0 Å². The van der Waals surface area contributed by atoms with Gasteiger partial charge in [-0.05, 0) is 41.9 Å². The van der Waals surface area contributed by atoms with E-state index in [-0.39, 0.29) is 5.91 Å². The minimum Gasteiger partial charge on any atom is -0.350 e. The standard InChI is InChI=1S/C17H18ClN4OS/c1-4-22-16(23)15(13-7-5-6-10-20(13)2)24-17(22)19-14-9-8-12(18)11-21(14)3/h5-11H,4H2,1-3H3/q+1/b15-13-. The third kappa shape index (κ3) is 3.12. The lowest BCUT2D eigenvalue weighted by atomic mass is 10.2. The molecule has 0 unspecified atom stereocenters. The molecule has 3 rings (SSSR count). The number of carbonyl (C=O) groups is 1. The molecule has 1 saturated heterocycles. The molecule has 0 spiro atoms.